The van der Waals surface area contributed by atoms with Crippen LogP contribution in [0, 0.1) is 0 Å². The van der Waals surface area contributed by atoms with Gasteiger partial charge in [0.15, 0.2) is 6.29 Å². The van der Waals surface area contributed by atoms with Crippen LogP contribution < -0.4 is 0 Å². The van der Waals surface area contributed by atoms with E-state index in [0.29, 0.717) is 18.5 Å². The predicted molar refractivity (Wildman–Crippen MR) is 55.8 cm³/mol. The topological polar surface area (TPSA) is 63.6 Å². The van der Waals surface area contributed by atoms with Crippen LogP contribution in [-0.4, -0.2) is 24.0 Å². The Bertz CT molecular complexity index is 320. The summed E-state index contributed by atoms with van der Waals surface area (Å²) in [5.74, 6) is -0.176. The Kier molecular flexibility index (Phi) is 6.63. The lowest BCUT2D eigenvalue weighted by atomic mass is 10.2. The lowest BCUT2D eigenvalue weighted by Gasteiger charge is -1.91. The third-order valence-corrected chi connectivity index (χ3v) is 1.41. The average Bonchev–Trinajstić information content (AvgIpc) is 2.19. The van der Waals surface area contributed by atoms with Gasteiger partial charge in [-0.05, 0) is 19.1 Å². The largest absolute Gasteiger partial charge is 0.507 e. The third kappa shape index (κ3) is 6.26. The molecule has 0 aliphatic carbocycles. The number of carbonyl (C=O) groups is 2. The summed E-state index contributed by atoms with van der Waals surface area (Å²) in [7, 11) is 0. The quantitative estimate of drug-likeness (QED) is 0.597. The van der Waals surface area contributed by atoms with Crippen molar-refractivity contribution < 1.29 is 19.4 Å². The minimum absolute atomic E-state index is 0.0347. The first kappa shape index (κ1) is 13.2. The van der Waals surface area contributed by atoms with E-state index < -0.39 is 0 Å². The van der Waals surface area contributed by atoms with E-state index in [0.717, 1.165) is 0 Å². The van der Waals surface area contributed by atoms with Crippen molar-refractivity contribution in [3.63, 3.8) is 0 Å². The van der Waals surface area contributed by atoms with Gasteiger partial charge in [-0.25, -0.2) is 0 Å². The highest BCUT2D eigenvalue weighted by atomic mass is 16.5. The van der Waals surface area contributed by atoms with Crippen molar-refractivity contribution in [2.75, 3.05) is 6.61 Å². The van der Waals surface area contributed by atoms with Gasteiger partial charge in [-0.2, -0.15) is 0 Å². The summed E-state index contributed by atoms with van der Waals surface area (Å²) >= 11 is 0. The SMILES string of the molecule is CCOC(C)=O.O=Cc1ccccc1O. The van der Waals surface area contributed by atoms with Crippen LogP contribution in [0.4, 0.5) is 0 Å². The van der Waals surface area contributed by atoms with Gasteiger partial charge in [-0.15, -0.1) is 0 Å². The molecule has 1 aromatic rings. The summed E-state index contributed by atoms with van der Waals surface area (Å²) in [6.45, 7) is 3.65. The Morgan fingerprint density at radius 2 is 2.07 bits per heavy atom. The van der Waals surface area contributed by atoms with Crippen molar-refractivity contribution in [1.82, 2.24) is 0 Å². The van der Waals surface area contributed by atoms with E-state index in [-0.39, 0.29) is 11.7 Å². The van der Waals surface area contributed by atoms with Crippen LogP contribution >= 0.6 is 0 Å². The zero-order chi connectivity index (χ0) is 11.7. The molecule has 0 aromatic heterocycles. The molecule has 0 fully saturated rings. The molecule has 82 valence electrons. The Balaban J connectivity index is 0.000000288. The number of benzene rings is 1. The van der Waals surface area contributed by atoms with E-state index in [9.17, 15) is 9.59 Å². The monoisotopic (exact) mass is 210 g/mol. The molecule has 0 bridgehead atoms. The number of rotatable bonds is 2. The Morgan fingerprint density at radius 3 is 2.33 bits per heavy atom. The highest BCUT2D eigenvalue weighted by molar-refractivity contribution is 5.78. The molecule has 0 radical (unpaired) electrons. The maximum atomic E-state index is 10.1. The number of carbonyl (C=O) groups excluding carboxylic acids is 2. The van der Waals surface area contributed by atoms with E-state index in [2.05, 4.69) is 4.74 Å². The van der Waals surface area contributed by atoms with Crippen molar-refractivity contribution in [3.05, 3.63) is 29.8 Å². The fourth-order valence-electron chi connectivity index (χ4n) is 0.790. The number of hydrogen-bond donors (Lipinski definition) is 1. The number of aldehydes is 1. The molecule has 1 N–H and O–H groups in total. The summed E-state index contributed by atoms with van der Waals surface area (Å²) in [5.41, 5.74) is 0.331. The van der Waals surface area contributed by atoms with Gasteiger partial charge in [0.2, 0.25) is 0 Å². The number of esters is 1. The van der Waals surface area contributed by atoms with E-state index in [1.54, 1.807) is 25.1 Å². The summed E-state index contributed by atoms with van der Waals surface area (Å²) in [4.78, 5) is 19.9. The molecular formula is C11H14O4. The van der Waals surface area contributed by atoms with Crippen molar-refractivity contribution >= 4 is 12.3 Å². The van der Waals surface area contributed by atoms with Crippen molar-refractivity contribution in [3.8, 4) is 5.75 Å². The standard InChI is InChI=1S/C7H6O2.C4H8O2/c8-5-6-3-1-2-4-7(6)9;1-3-6-4(2)5/h1-5,9H;3H2,1-2H3. The minimum atomic E-state index is -0.211. The Labute approximate surface area is 88.5 Å². The smallest absolute Gasteiger partial charge is 0.302 e. The zero-order valence-electron chi connectivity index (χ0n) is 8.77. The van der Waals surface area contributed by atoms with Crippen LogP contribution in [0.2, 0.25) is 0 Å². The van der Waals surface area contributed by atoms with Gasteiger partial charge in [0.25, 0.3) is 0 Å². The van der Waals surface area contributed by atoms with Crippen LogP contribution in [-0.2, 0) is 9.53 Å². The van der Waals surface area contributed by atoms with Gasteiger partial charge >= 0.3 is 5.97 Å². The normalized spacial score (nSPS) is 8.40. The number of aromatic hydroxyl groups is 1. The number of phenolic OH excluding ortho intramolecular Hbond substituents is 1. The van der Waals surface area contributed by atoms with Gasteiger partial charge in [0.1, 0.15) is 5.75 Å². The van der Waals surface area contributed by atoms with Crippen LogP contribution in [0.25, 0.3) is 0 Å². The summed E-state index contributed by atoms with van der Waals surface area (Å²) in [6.07, 6.45) is 0.620. The molecule has 0 saturated heterocycles. The van der Waals surface area contributed by atoms with Gasteiger partial charge in [0, 0.05) is 6.92 Å². The number of para-hydroxylation sites is 1. The molecule has 0 unspecified atom stereocenters. The second-order valence-electron chi connectivity index (χ2n) is 2.60. The highest BCUT2D eigenvalue weighted by Crippen LogP contribution is 2.11. The van der Waals surface area contributed by atoms with E-state index in [4.69, 9.17) is 5.11 Å². The first-order valence-electron chi connectivity index (χ1n) is 4.48. The van der Waals surface area contributed by atoms with Gasteiger partial charge < -0.3 is 9.84 Å². The molecular weight excluding hydrogens is 196 g/mol. The lowest BCUT2D eigenvalue weighted by Crippen LogP contribution is -1.95. The molecule has 0 aliphatic rings. The van der Waals surface area contributed by atoms with Crippen LogP contribution in [0.15, 0.2) is 24.3 Å². The van der Waals surface area contributed by atoms with E-state index >= 15 is 0 Å². The molecule has 0 atom stereocenters. The fraction of sp³-hybridized carbons (Fsp3) is 0.273. The molecule has 4 nitrogen and oxygen atoms in total. The predicted octanol–water partition coefficient (Wildman–Crippen LogP) is 1.77. The van der Waals surface area contributed by atoms with Gasteiger partial charge in [-0.1, -0.05) is 12.1 Å². The average molecular weight is 210 g/mol. The van der Waals surface area contributed by atoms with Crippen molar-refractivity contribution in [2.45, 2.75) is 13.8 Å². The summed E-state index contributed by atoms with van der Waals surface area (Å²) < 4.78 is 4.40. The molecule has 1 aromatic carbocycles. The Hall–Kier alpha value is -1.84. The first-order valence-corrected chi connectivity index (χ1v) is 4.48. The number of hydrogen-bond acceptors (Lipinski definition) is 4. The molecule has 15 heavy (non-hydrogen) atoms. The van der Waals surface area contributed by atoms with Crippen molar-refractivity contribution in [1.29, 1.82) is 0 Å². The molecule has 0 spiro atoms. The van der Waals surface area contributed by atoms with Crippen molar-refractivity contribution in [2.24, 2.45) is 0 Å². The molecule has 4 heteroatoms. The van der Waals surface area contributed by atoms with Gasteiger partial charge in [-0.3, -0.25) is 9.59 Å². The van der Waals surface area contributed by atoms with Crippen LogP contribution in [0.3, 0.4) is 0 Å². The van der Waals surface area contributed by atoms with E-state index in [1.807, 2.05) is 0 Å². The second-order valence-corrected chi connectivity index (χ2v) is 2.60. The third-order valence-electron chi connectivity index (χ3n) is 1.41. The van der Waals surface area contributed by atoms with Crippen LogP contribution in [0.1, 0.15) is 24.2 Å². The Morgan fingerprint density at radius 1 is 1.47 bits per heavy atom. The van der Waals surface area contributed by atoms with Gasteiger partial charge in [0.05, 0.1) is 12.2 Å². The molecule has 0 amide bonds. The highest BCUT2D eigenvalue weighted by Gasteiger charge is 1.93. The summed E-state index contributed by atoms with van der Waals surface area (Å²) in [6, 6.07) is 6.40. The lowest BCUT2D eigenvalue weighted by molar-refractivity contribution is -0.140. The number of phenols is 1. The molecule has 1 rings (SSSR count). The maximum absolute atomic E-state index is 10.1. The van der Waals surface area contributed by atoms with E-state index in [1.165, 1.54) is 13.0 Å². The summed E-state index contributed by atoms with van der Waals surface area (Å²) in [5, 5.41) is 8.88. The molecule has 0 aliphatic heterocycles. The minimum Gasteiger partial charge on any atom is -0.507 e. The van der Waals surface area contributed by atoms with Crippen LogP contribution in [0.5, 0.6) is 5.75 Å². The maximum Gasteiger partial charge on any atom is 0.302 e. The first-order chi connectivity index (χ1) is 7.11. The number of ether oxygens (including phenoxy) is 1. The molecule has 0 heterocycles. The second kappa shape index (κ2) is 7.55. The molecule has 0 saturated carbocycles. The zero-order valence-corrected chi connectivity index (χ0v) is 8.77. The fourth-order valence-corrected chi connectivity index (χ4v) is 0.790.